The molecule has 0 aromatic carbocycles. The van der Waals surface area contributed by atoms with Gasteiger partial charge in [0, 0.05) is 20.1 Å². The number of aliphatic hydroxyl groups is 1. The number of hydrogen-bond donors (Lipinski definition) is 1. The number of furan rings is 1. The van der Waals surface area contributed by atoms with Gasteiger partial charge in [0.1, 0.15) is 12.4 Å². The number of rotatable bonds is 3. The van der Waals surface area contributed by atoms with Gasteiger partial charge in [-0.05, 0) is 42.7 Å². The Bertz CT molecular complexity index is 701. The zero-order valence-corrected chi connectivity index (χ0v) is 13.8. The third kappa shape index (κ3) is 2.27. The van der Waals surface area contributed by atoms with Gasteiger partial charge in [0.15, 0.2) is 5.76 Å². The summed E-state index contributed by atoms with van der Waals surface area (Å²) in [7, 11) is 1.98. The monoisotopic (exact) mass is 316 g/mol. The van der Waals surface area contributed by atoms with Crippen molar-refractivity contribution in [2.24, 2.45) is 18.4 Å². The van der Waals surface area contributed by atoms with Gasteiger partial charge in [-0.25, -0.2) is 0 Å². The van der Waals surface area contributed by atoms with Gasteiger partial charge in [0.05, 0.1) is 0 Å². The van der Waals surface area contributed by atoms with Gasteiger partial charge in [-0.15, -0.1) is 10.2 Å². The van der Waals surface area contributed by atoms with Crippen LogP contribution in [0.5, 0.6) is 0 Å². The number of anilines is 1. The molecular formula is C17H24N4O2. The maximum atomic E-state index is 9.15. The minimum absolute atomic E-state index is 0.1000. The molecule has 6 nitrogen and oxygen atoms in total. The third-order valence-corrected chi connectivity index (χ3v) is 5.91. The molecule has 1 aliphatic carbocycles. The molecular weight excluding hydrogens is 292 g/mol. The average Bonchev–Trinajstić information content (AvgIpc) is 3.12. The molecule has 1 unspecified atom stereocenters. The number of piperidine rings is 1. The van der Waals surface area contributed by atoms with E-state index >= 15 is 0 Å². The standard InChI is InChI=1S/C17H24N4O2/c1-12-6-9-21(11-17(12)7-3-8-17)16-19-18-15(20(16)2)14-5-4-13(10-22)23-14/h4-5,12,22H,3,6-11H2,1-2H3. The first-order valence-corrected chi connectivity index (χ1v) is 8.47. The van der Waals surface area contributed by atoms with Crippen LogP contribution in [0.1, 0.15) is 38.4 Å². The molecule has 2 aliphatic rings. The first-order chi connectivity index (χ1) is 11.1. The summed E-state index contributed by atoms with van der Waals surface area (Å²) in [5.41, 5.74) is 0.485. The molecule has 4 rings (SSSR count). The zero-order valence-electron chi connectivity index (χ0n) is 13.8. The summed E-state index contributed by atoms with van der Waals surface area (Å²) in [5.74, 6) is 3.63. The Morgan fingerprint density at radius 1 is 1.35 bits per heavy atom. The van der Waals surface area contributed by atoms with E-state index < -0.39 is 0 Å². The zero-order chi connectivity index (χ0) is 16.0. The van der Waals surface area contributed by atoms with E-state index in [2.05, 4.69) is 22.0 Å². The van der Waals surface area contributed by atoms with E-state index in [4.69, 9.17) is 9.52 Å². The summed E-state index contributed by atoms with van der Waals surface area (Å²) in [6.45, 7) is 4.42. The predicted molar refractivity (Wildman–Crippen MR) is 86.9 cm³/mol. The second kappa shape index (κ2) is 5.37. The molecule has 0 amide bonds. The maximum Gasteiger partial charge on any atom is 0.227 e. The molecule has 1 atom stereocenters. The van der Waals surface area contributed by atoms with Crippen LogP contribution in [0, 0.1) is 11.3 Å². The van der Waals surface area contributed by atoms with Crippen LogP contribution in [-0.4, -0.2) is 33.0 Å². The Balaban J connectivity index is 1.60. The molecule has 1 spiro atoms. The first kappa shape index (κ1) is 14.8. The summed E-state index contributed by atoms with van der Waals surface area (Å²) < 4.78 is 7.60. The van der Waals surface area contributed by atoms with Crippen molar-refractivity contribution < 1.29 is 9.52 Å². The molecule has 2 fully saturated rings. The van der Waals surface area contributed by atoms with Crippen LogP contribution in [0.15, 0.2) is 16.5 Å². The Labute approximate surface area is 136 Å². The Morgan fingerprint density at radius 3 is 2.83 bits per heavy atom. The van der Waals surface area contributed by atoms with Gasteiger partial charge in [-0.2, -0.15) is 0 Å². The molecule has 3 heterocycles. The highest BCUT2D eigenvalue weighted by atomic mass is 16.4. The van der Waals surface area contributed by atoms with Crippen molar-refractivity contribution in [1.82, 2.24) is 14.8 Å². The topological polar surface area (TPSA) is 67.3 Å². The highest BCUT2D eigenvalue weighted by molar-refractivity contribution is 5.51. The van der Waals surface area contributed by atoms with Crippen molar-refractivity contribution in [3.05, 3.63) is 17.9 Å². The van der Waals surface area contributed by atoms with Crippen molar-refractivity contribution in [2.75, 3.05) is 18.0 Å². The fraction of sp³-hybridized carbons (Fsp3) is 0.647. The van der Waals surface area contributed by atoms with E-state index in [-0.39, 0.29) is 6.61 Å². The third-order valence-electron chi connectivity index (χ3n) is 5.91. The van der Waals surface area contributed by atoms with Gasteiger partial charge < -0.3 is 14.4 Å². The SMILES string of the molecule is CC1CCN(c2nnc(-c3ccc(CO)o3)n2C)CC12CCC2. The normalized spacial score (nSPS) is 23.3. The van der Waals surface area contributed by atoms with Crippen LogP contribution in [0.3, 0.4) is 0 Å². The van der Waals surface area contributed by atoms with Crippen LogP contribution in [0.25, 0.3) is 11.6 Å². The summed E-state index contributed by atoms with van der Waals surface area (Å²) >= 11 is 0. The largest absolute Gasteiger partial charge is 0.455 e. The summed E-state index contributed by atoms with van der Waals surface area (Å²) in [4.78, 5) is 2.38. The van der Waals surface area contributed by atoms with E-state index in [1.807, 2.05) is 17.7 Å². The molecule has 1 N–H and O–H groups in total. The van der Waals surface area contributed by atoms with E-state index in [0.29, 0.717) is 22.8 Å². The quantitative estimate of drug-likeness (QED) is 0.942. The smallest absolute Gasteiger partial charge is 0.227 e. The molecule has 124 valence electrons. The fourth-order valence-electron chi connectivity index (χ4n) is 4.12. The van der Waals surface area contributed by atoms with E-state index in [9.17, 15) is 0 Å². The van der Waals surface area contributed by atoms with E-state index in [0.717, 1.165) is 25.0 Å². The van der Waals surface area contributed by atoms with Gasteiger partial charge in [-0.1, -0.05) is 13.3 Å². The van der Waals surface area contributed by atoms with Gasteiger partial charge >= 0.3 is 0 Å². The van der Waals surface area contributed by atoms with Crippen LogP contribution in [0.4, 0.5) is 5.95 Å². The second-order valence-corrected chi connectivity index (χ2v) is 7.13. The molecule has 0 bridgehead atoms. The maximum absolute atomic E-state index is 9.15. The molecule has 23 heavy (non-hydrogen) atoms. The number of hydrogen-bond acceptors (Lipinski definition) is 5. The minimum atomic E-state index is -0.1000. The van der Waals surface area contributed by atoms with E-state index in [1.165, 1.54) is 25.7 Å². The van der Waals surface area contributed by atoms with Gasteiger partial charge in [0.25, 0.3) is 0 Å². The van der Waals surface area contributed by atoms with Crippen molar-refractivity contribution in [3.8, 4) is 11.6 Å². The molecule has 1 aliphatic heterocycles. The van der Waals surface area contributed by atoms with Crippen molar-refractivity contribution in [3.63, 3.8) is 0 Å². The predicted octanol–water partition coefficient (Wildman–Crippen LogP) is 2.58. The lowest BCUT2D eigenvalue weighted by atomic mass is 9.59. The first-order valence-electron chi connectivity index (χ1n) is 8.47. The highest BCUT2D eigenvalue weighted by Gasteiger charge is 2.46. The van der Waals surface area contributed by atoms with Crippen LogP contribution >= 0.6 is 0 Å². The summed E-state index contributed by atoms with van der Waals surface area (Å²) in [5, 5.41) is 17.9. The summed E-state index contributed by atoms with van der Waals surface area (Å²) in [6, 6.07) is 3.61. The highest BCUT2D eigenvalue weighted by Crippen LogP contribution is 2.51. The van der Waals surface area contributed by atoms with Gasteiger partial charge in [0.2, 0.25) is 11.8 Å². The van der Waals surface area contributed by atoms with Crippen LogP contribution in [-0.2, 0) is 13.7 Å². The lowest BCUT2D eigenvalue weighted by molar-refractivity contribution is 0.0440. The molecule has 0 radical (unpaired) electrons. The average molecular weight is 316 g/mol. The minimum Gasteiger partial charge on any atom is -0.455 e. The van der Waals surface area contributed by atoms with Crippen LogP contribution in [0.2, 0.25) is 0 Å². The number of aromatic nitrogens is 3. The summed E-state index contributed by atoms with van der Waals surface area (Å²) in [6.07, 6.45) is 5.26. The molecule has 2 aromatic heterocycles. The lowest BCUT2D eigenvalue weighted by Crippen LogP contribution is -2.52. The van der Waals surface area contributed by atoms with Crippen molar-refractivity contribution in [1.29, 1.82) is 0 Å². The number of nitrogens with zero attached hydrogens (tertiary/aromatic N) is 4. The van der Waals surface area contributed by atoms with Crippen molar-refractivity contribution in [2.45, 2.75) is 39.2 Å². The molecule has 1 saturated heterocycles. The Hall–Kier alpha value is -1.82. The van der Waals surface area contributed by atoms with Crippen molar-refractivity contribution >= 4 is 5.95 Å². The lowest BCUT2D eigenvalue weighted by Gasteiger charge is -2.53. The van der Waals surface area contributed by atoms with E-state index in [1.54, 1.807) is 6.07 Å². The Kier molecular flexibility index (Phi) is 3.44. The second-order valence-electron chi connectivity index (χ2n) is 7.13. The molecule has 2 aromatic rings. The van der Waals surface area contributed by atoms with Crippen LogP contribution < -0.4 is 4.90 Å². The Morgan fingerprint density at radius 2 is 2.17 bits per heavy atom. The molecule has 6 heteroatoms. The number of aliphatic hydroxyl groups excluding tert-OH is 1. The van der Waals surface area contributed by atoms with Gasteiger partial charge in [-0.3, -0.25) is 4.57 Å². The fourth-order valence-corrected chi connectivity index (χ4v) is 4.12. The molecule has 1 saturated carbocycles.